The van der Waals surface area contributed by atoms with E-state index in [4.69, 9.17) is 5.26 Å². The van der Waals surface area contributed by atoms with Crippen LogP contribution in [0.3, 0.4) is 0 Å². The topological polar surface area (TPSA) is 52.9 Å². The van der Waals surface area contributed by atoms with E-state index in [1.165, 1.54) is 12.1 Å². The molecule has 0 radical (unpaired) electrons. The molecule has 0 unspecified atom stereocenters. The van der Waals surface area contributed by atoms with Crippen molar-refractivity contribution in [2.75, 3.05) is 7.05 Å². The van der Waals surface area contributed by atoms with Crippen LogP contribution >= 0.6 is 0 Å². The van der Waals surface area contributed by atoms with Crippen LogP contribution in [0.15, 0.2) is 42.5 Å². The van der Waals surface area contributed by atoms with E-state index < -0.39 is 5.82 Å². The molecule has 0 heterocycles. The number of hydrogen-bond donors (Lipinski definition) is 1. The zero-order valence-electron chi connectivity index (χ0n) is 11.0. The lowest BCUT2D eigenvalue weighted by atomic mass is 10.0. The summed E-state index contributed by atoms with van der Waals surface area (Å²) in [6.45, 7) is 0. The number of nitrogens with zero attached hydrogens (tertiary/aromatic N) is 1. The van der Waals surface area contributed by atoms with Gasteiger partial charge in [-0.2, -0.15) is 5.26 Å². The van der Waals surface area contributed by atoms with Crippen molar-refractivity contribution in [1.82, 2.24) is 5.32 Å². The molecule has 2 aromatic rings. The molecule has 4 heteroatoms. The summed E-state index contributed by atoms with van der Waals surface area (Å²) in [5, 5.41) is 11.3. The molecule has 0 spiro atoms. The standard InChI is InChI=1S/C16H13FN2O/c1-19-16(20)8-11-2-4-12(5-3-11)13-6-7-14(10-18)15(17)9-13/h2-7,9H,8H2,1H3,(H,19,20). The first-order valence-corrected chi connectivity index (χ1v) is 6.13. The summed E-state index contributed by atoms with van der Waals surface area (Å²) in [6, 6.07) is 13.6. The van der Waals surface area contributed by atoms with Gasteiger partial charge in [0.25, 0.3) is 0 Å². The predicted octanol–water partition coefficient (Wildman–Crippen LogP) is 2.65. The third kappa shape index (κ3) is 3.01. The molecule has 0 fully saturated rings. The quantitative estimate of drug-likeness (QED) is 0.930. The molecule has 100 valence electrons. The molecule has 2 aromatic carbocycles. The highest BCUT2D eigenvalue weighted by atomic mass is 19.1. The van der Waals surface area contributed by atoms with Crippen molar-refractivity contribution in [2.45, 2.75) is 6.42 Å². The van der Waals surface area contributed by atoms with E-state index in [1.54, 1.807) is 19.2 Å². The Hall–Kier alpha value is -2.67. The summed E-state index contributed by atoms with van der Waals surface area (Å²) in [6.07, 6.45) is 0.318. The van der Waals surface area contributed by atoms with Gasteiger partial charge in [0, 0.05) is 7.05 Å². The van der Waals surface area contributed by atoms with Gasteiger partial charge in [0.2, 0.25) is 5.91 Å². The van der Waals surface area contributed by atoms with Crippen molar-refractivity contribution in [3.8, 4) is 17.2 Å². The Kier molecular flexibility index (Phi) is 4.11. The maximum Gasteiger partial charge on any atom is 0.224 e. The lowest BCUT2D eigenvalue weighted by molar-refractivity contribution is -0.119. The van der Waals surface area contributed by atoms with E-state index in [0.29, 0.717) is 12.0 Å². The van der Waals surface area contributed by atoms with Gasteiger partial charge in [-0.05, 0) is 28.8 Å². The van der Waals surface area contributed by atoms with Gasteiger partial charge in [-0.25, -0.2) is 4.39 Å². The molecule has 0 aliphatic heterocycles. The summed E-state index contributed by atoms with van der Waals surface area (Å²) in [7, 11) is 1.59. The van der Waals surface area contributed by atoms with Crippen LogP contribution < -0.4 is 5.32 Å². The minimum atomic E-state index is -0.528. The fraction of sp³-hybridized carbons (Fsp3) is 0.125. The zero-order valence-corrected chi connectivity index (χ0v) is 11.0. The van der Waals surface area contributed by atoms with Crippen LogP contribution in [0.5, 0.6) is 0 Å². The van der Waals surface area contributed by atoms with Crippen LogP contribution in [0.1, 0.15) is 11.1 Å². The van der Waals surface area contributed by atoms with Crippen LogP contribution in [0.2, 0.25) is 0 Å². The Bertz CT molecular complexity index is 672. The van der Waals surface area contributed by atoms with Crippen molar-refractivity contribution >= 4 is 5.91 Å². The number of carbonyl (C=O) groups is 1. The summed E-state index contributed by atoms with van der Waals surface area (Å²) in [5.74, 6) is -0.582. The van der Waals surface area contributed by atoms with E-state index >= 15 is 0 Å². The first kappa shape index (κ1) is 13.8. The smallest absolute Gasteiger partial charge is 0.224 e. The van der Waals surface area contributed by atoms with E-state index in [-0.39, 0.29) is 11.5 Å². The third-order valence-electron chi connectivity index (χ3n) is 3.02. The molecule has 20 heavy (non-hydrogen) atoms. The van der Waals surface area contributed by atoms with Gasteiger partial charge < -0.3 is 5.32 Å². The van der Waals surface area contributed by atoms with Gasteiger partial charge in [-0.3, -0.25) is 4.79 Å². The van der Waals surface area contributed by atoms with Gasteiger partial charge in [-0.1, -0.05) is 30.3 Å². The van der Waals surface area contributed by atoms with Crippen LogP contribution in [0.4, 0.5) is 4.39 Å². The first-order chi connectivity index (χ1) is 9.63. The largest absolute Gasteiger partial charge is 0.359 e. The normalized spacial score (nSPS) is 9.85. The number of hydrogen-bond acceptors (Lipinski definition) is 2. The van der Waals surface area contributed by atoms with Crippen LogP contribution in [0.25, 0.3) is 11.1 Å². The highest BCUT2D eigenvalue weighted by molar-refractivity contribution is 5.78. The Morgan fingerprint density at radius 3 is 2.40 bits per heavy atom. The van der Waals surface area contributed by atoms with Gasteiger partial charge in [0.1, 0.15) is 11.9 Å². The molecular formula is C16H13FN2O. The Morgan fingerprint density at radius 1 is 1.20 bits per heavy atom. The van der Waals surface area contributed by atoms with Gasteiger partial charge >= 0.3 is 0 Å². The number of halogens is 1. The number of nitrogens with one attached hydrogen (secondary N) is 1. The maximum absolute atomic E-state index is 13.6. The molecule has 0 saturated carbocycles. The van der Waals surface area contributed by atoms with Gasteiger partial charge in [0.05, 0.1) is 12.0 Å². The lowest BCUT2D eigenvalue weighted by Crippen LogP contribution is -2.19. The molecular weight excluding hydrogens is 255 g/mol. The average molecular weight is 268 g/mol. The number of nitriles is 1. The molecule has 0 aliphatic rings. The number of carbonyl (C=O) groups excluding carboxylic acids is 1. The van der Waals surface area contributed by atoms with Gasteiger partial charge in [0.15, 0.2) is 0 Å². The van der Waals surface area contributed by atoms with E-state index in [1.807, 2.05) is 24.3 Å². The second-order valence-corrected chi connectivity index (χ2v) is 4.35. The fourth-order valence-electron chi connectivity index (χ4n) is 1.87. The molecule has 2 rings (SSSR count). The summed E-state index contributed by atoms with van der Waals surface area (Å²) < 4.78 is 13.6. The molecule has 0 saturated heterocycles. The fourth-order valence-corrected chi connectivity index (χ4v) is 1.87. The van der Waals surface area contributed by atoms with Crippen LogP contribution in [0, 0.1) is 17.1 Å². The van der Waals surface area contributed by atoms with E-state index in [2.05, 4.69) is 5.32 Å². The zero-order chi connectivity index (χ0) is 14.5. The number of rotatable bonds is 3. The summed E-state index contributed by atoms with van der Waals surface area (Å²) in [4.78, 5) is 11.3. The third-order valence-corrected chi connectivity index (χ3v) is 3.02. The number of likely N-dealkylation sites (N-methyl/N-ethyl adjacent to an activating group) is 1. The van der Waals surface area contributed by atoms with E-state index in [9.17, 15) is 9.18 Å². The lowest BCUT2D eigenvalue weighted by Gasteiger charge is -2.05. The monoisotopic (exact) mass is 268 g/mol. The second kappa shape index (κ2) is 5.98. The molecule has 0 aromatic heterocycles. The minimum absolute atomic E-state index is 0.0324. The Balaban J connectivity index is 2.24. The molecule has 3 nitrogen and oxygen atoms in total. The SMILES string of the molecule is CNC(=O)Cc1ccc(-c2ccc(C#N)c(F)c2)cc1. The summed E-state index contributed by atoms with van der Waals surface area (Å²) >= 11 is 0. The van der Waals surface area contributed by atoms with Crippen LogP contribution in [-0.2, 0) is 11.2 Å². The van der Waals surface area contributed by atoms with Crippen molar-refractivity contribution < 1.29 is 9.18 Å². The van der Waals surface area contributed by atoms with Gasteiger partial charge in [-0.15, -0.1) is 0 Å². The molecule has 0 bridgehead atoms. The molecule has 0 aliphatic carbocycles. The van der Waals surface area contributed by atoms with Crippen molar-refractivity contribution in [3.05, 3.63) is 59.4 Å². The maximum atomic E-state index is 13.6. The van der Waals surface area contributed by atoms with Crippen LogP contribution in [-0.4, -0.2) is 13.0 Å². The first-order valence-electron chi connectivity index (χ1n) is 6.13. The molecule has 1 amide bonds. The number of benzene rings is 2. The summed E-state index contributed by atoms with van der Waals surface area (Å²) in [5.41, 5.74) is 2.47. The van der Waals surface area contributed by atoms with Crippen molar-refractivity contribution in [1.29, 1.82) is 5.26 Å². The second-order valence-electron chi connectivity index (χ2n) is 4.35. The highest BCUT2D eigenvalue weighted by Gasteiger charge is 2.05. The van der Waals surface area contributed by atoms with E-state index in [0.717, 1.165) is 11.1 Å². The minimum Gasteiger partial charge on any atom is -0.359 e. The average Bonchev–Trinajstić information content (AvgIpc) is 2.47. The highest BCUT2D eigenvalue weighted by Crippen LogP contribution is 2.22. The Morgan fingerprint density at radius 2 is 1.85 bits per heavy atom. The Labute approximate surface area is 116 Å². The van der Waals surface area contributed by atoms with Crippen molar-refractivity contribution in [2.24, 2.45) is 0 Å². The molecule has 1 N–H and O–H groups in total. The van der Waals surface area contributed by atoms with Crippen molar-refractivity contribution in [3.63, 3.8) is 0 Å². The number of amides is 1. The molecule has 0 atom stereocenters. The predicted molar refractivity (Wildman–Crippen MR) is 74.3 cm³/mol.